The Bertz CT molecular complexity index is 717. The molecule has 0 unspecified atom stereocenters. The lowest BCUT2D eigenvalue weighted by atomic mass is 10.1. The lowest BCUT2D eigenvalue weighted by molar-refractivity contribution is 0.371. The third kappa shape index (κ3) is 6.27. The fourth-order valence-electron chi connectivity index (χ4n) is 3.12. The molecule has 0 atom stereocenters. The number of halogens is 1. The summed E-state index contributed by atoms with van der Waals surface area (Å²) in [4.78, 5) is 13.8. The molecule has 0 amide bonds. The van der Waals surface area contributed by atoms with Gasteiger partial charge >= 0.3 is 0 Å². The predicted molar refractivity (Wildman–Crippen MR) is 121 cm³/mol. The number of nitrogens with one attached hydrogen (secondary N) is 1. The van der Waals surface area contributed by atoms with Crippen molar-refractivity contribution in [3.63, 3.8) is 0 Å². The van der Waals surface area contributed by atoms with Gasteiger partial charge in [-0.25, -0.2) is 4.98 Å². The maximum atomic E-state index is 9.56. The van der Waals surface area contributed by atoms with Crippen LogP contribution >= 0.6 is 24.0 Å². The molecule has 0 bridgehead atoms. The highest BCUT2D eigenvalue weighted by atomic mass is 127. The number of nitrogens with zero attached hydrogens (tertiary/aromatic N) is 4. The fraction of sp³-hybridized carbons (Fsp3) is 0.400. The normalized spacial score (nSPS) is 14.6. The first-order chi connectivity index (χ1) is 12.8. The molecule has 2 N–H and O–H groups in total. The summed E-state index contributed by atoms with van der Waals surface area (Å²) in [7, 11) is 0. The average molecular weight is 481 g/mol. The van der Waals surface area contributed by atoms with Gasteiger partial charge < -0.3 is 20.2 Å². The molecule has 1 saturated heterocycles. The van der Waals surface area contributed by atoms with Crippen molar-refractivity contribution in [2.75, 3.05) is 44.2 Å². The molecule has 2 aromatic rings. The van der Waals surface area contributed by atoms with E-state index in [1.165, 1.54) is 0 Å². The van der Waals surface area contributed by atoms with Crippen LogP contribution in [0.2, 0.25) is 0 Å². The number of piperazine rings is 1. The van der Waals surface area contributed by atoms with E-state index in [4.69, 9.17) is 4.99 Å². The molecule has 6 nitrogen and oxygen atoms in total. The molecule has 0 spiro atoms. The first-order valence-electron chi connectivity index (χ1n) is 9.23. The Morgan fingerprint density at radius 3 is 2.63 bits per heavy atom. The number of aliphatic imine (C=N–C) groups is 1. The van der Waals surface area contributed by atoms with Gasteiger partial charge in [0.15, 0.2) is 5.96 Å². The van der Waals surface area contributed by atoms with Gasteiger partial charge in [0.2, 0.25) is 0 Å². The van der Waals surface area contributed by atoms with Crippen LogP contribution in [-0.2, 0) is 6.42 Å². The number of guanidine groups is 1. The van der Waals surface area contributed by atoms with Crippen LogP contribution < -0.4 is 10.2 Å². The second-order valence-corrected chi connectivity index (χ2v) is 6.32. The van der Waals surface area contributed by atoms with E-state index in [1.807, 2.05) is 30.5 Å². The Morgan fingerprint density at radius 1 is 1.15 bits per heavy atom. The SMILES string of the molecule is CCNC(=NCCc1cccc(O)c1)N1CCN(c2ccccn2)CC1.I. The zero-order chi connectivity index (χ0) is 18.2. The first-order valence-corrected chi connectivity index (χ1v) is 9.23. The van der Waals surface area contributed by atoms with Gasteiger partial charge in [-0.2, -0.15) is 0 Å². The van der Waals surface area contributed by atoms with Gasteiger partial charge in [0.05, 0.1) is 0 Å². The van der Waals surface area contributed by atoms with Crippen molar-refractivity contribution in [1.82, 2.24) is 15.2 Å². The number of aromatic hydroxyl groups is 1. The van der Waals surface area contributed by atoms with E-state index in [1.54, 1.807) is 12.1 Å². The van der Waals surface area contributed by atoms with Gasteiger partial charge in [-0.1, -0.05) is 18.2 Å². The number of hydrogen-bond acceptors (Lipinski definition) is 4. The first kappa shape index (κ1) is 21.3. The maximum absolute atomic E-state index is 9.56. The van der Waals surface area contributed by atoms with Crippen LogP contribution in [-0.4, -0.2) is 60.2 Å². The fourth-order valence-corrected chi connectivity index (χ4v) is 3.12. The van der Waals surface area contributed by atoms with Crippen LogP contribution in [0, 0.1) is 0 Å². The minimum absolute atomic E-state index is 0. The summed E-state index contributed by atoms with van der Waals surface area (Å²) in [6.07, 6.45) is 2.66. The van der Waals surface area contributed by atoms with Crippen LogP contribution in [0.4, 0.5) is 5.82 Å². The van der Waals surface area contributed by atoms with Gasteiger partial charge in [-0.15, -0.1) is 24.0 Å². The van der Waals surface area contributed by atoms with E-state index in [-0.39, 0.29) is 24.0 Å². The molecule has 146 valence electrons. The Hall–Kier alpha value is -2.03. The molecular weight excluding hydrogens is 453 g/mol. The topological polar surface area (TPSA) is 64.0 Å². The van der Waals surface area contributed by atoms with Crippen LogP contribution in [0.3, 0.4) is 0 Å². The summed E-state index contributed by atoms with van der Waals surface area (Å²) < 4.78 is 0. The number of phenols is 1. The van der Waals surface area contributed by atoms with Gasteiger partial charge in [0.25, 0.3) is 0 Å². The average Bonchev–Trinajstić information content (AvgIpc) is 2.68. The van der Waals surface area contributed by atoms with Gasteiger partial charge in [-0.05, 0) is 43.2 Å². The van der Waals surface area contributed by atoms with E-state index >= 15 is 0 Å². The van der Waals surface area contributed by atoms with Crippen LogP contribution in [0.5, 0.6) is 5.75 Å². The Balaban J connectivity index is 0.00000261. The lowest BCUT2D eigenvalue weighted by Gasteiger charge is -2.37. The molecule has 1 aromatic heterocycles. The molecule has 1 aliphatic heterocycles. The van der Waals surface area contributed by atoms with Crippen molar-refractivity contribution in [2.24, 2.45) is 4.99 Å². The van der Waals surface area contributed by atoms with Crippen molar-refractivity contribution in [1.29, 1.82) is 0 Å². The van der Waals surface area contributed by atoms with Crippen molar-refractivity contribution in [3.05, 3.63) is 54.2 Å². The highest BCUT2D eigenvalue weighted by molar-refractivity contribution is 14.0. The smallest absolute Gasteiger partial charge is 0.194 e. The van der Waals surface area contributed by atoms with Crippen LogP contribution in [0.1, 0.15) is 12.5 Å². The second kappa shape index (κ2) is 11.0. The maximum Gasteiger partial charge on any atom is 0.194 e. The number of aromatic nitrogens is 1. The number of pyridine rings is 1. The molecule has 27 heavy (non-hydrogen) atoms. The predicted octanol–water partition coefficient (Wildman–Crippen LogP) is 2.74. The minimum atomic E-state index is 0. The monoisotopic (exact) mass is 481 g/mol. The number of rotatable bonds is 5. The van der Waals surface area contributed by atoms with Crippen molar-refractivity contribution in [2.45, 2.75) is 13.3 Å². The minimum Gasteiger partial charge on any atom is -0.508 e. The van der Waals surface area contributed by atoms with E-state index in [0.717, 1.165) is 56.5 Å². The lowest BCUT2D eigenvalue weighted by Crippen LogP contribution is -2.52. The summed E-state index contributed by atoms with van der Waals surface area (Å²) in [5, 5.41) is 13.0. The Kier molecular flexibility index (Phi) is 8.63. The standard InChI is InChI=1S/C20H27N5O.HI/c1-2-21-20(23-11-9-17-6-5-7-18(26)16-17)25-14-12-24(13-15-25)19-8-3-4-10-22-19;/h3-8,10,16,26H,2,9,11-15H2,1H3,(H,21,23);1H. The molecule has 1 fully saturated rings. The summed E-state index contributed by atoms with van der Waals surface area (Å²) in [6.45, 7) is 7.37. The summed E-state index contributed by atoms with van der Waals surface area (Å²) in [5.41, 5.74) is 1.10. The van der Waals surface area contributed by atoms with E-state index < -0.39 is 0 Å². The summed E-state index contributed by atoms with van der Waals surface area (Å²) in [5.74, 6) is 2.32. The van der Waals surface area contributed by atoms with Crippen molar-refractivity contribution in [3.8, 4) is 5.75 Å². The number of anilines is 1. The second-order valence-electron chi connectivity index (χ2n) is 6.32. The van der Waals surface area contributed by atoms with E-state index in [2.05, 4.69) is 33.1 Å². The number of benzene rings is 1. The van der Waals surface area contributed by atoms with Gasteiger partial charge in [0, 0.05) is 45.5 Å². The van der Waals surface area contributed by atoms with E-state index in [9.17, 15) is 5.11 Å². The number of hydrogen-bond donors (Lipinski definition) is 2. The van der Waals surface area contributed by atoms with Gasteiger partial charge in [-0.3, -0.25) is 4.99 Å². The summed E-state index contributed by atoms with van der Waals surface area (Å²) >= 11 is 0. The molecule has 0 saturated carbocycles. The zero-order valence-corrected chi connectivity index (χ0v) is 18.0. The summed E-state index contributed by atoms with van der Waals surface area (Å²) in [6, 6.07) is 13.4. The van der Waals surface area contributed by atoms with Crippen molar-refractivity contribution < 1.29 is 5.11 Å². The largest absolute Gasteiger partial charge is 0.508 e. The molecule has 2 heterocycles. The molecule has 0 aliphatic carbocycles. The van der Waals surface area contributed by atoms with Gasteiger partial charge in [0.1, 0.15) is 11.6 Å². The Morgan fingerprint density at radius 2 is 1.96 bits per heavy atom. The molecule has 0 radical (unpaired) electrons. The molecule has 3 rings (SSSR count). The third-order valence-corrected chi connectivity index (χ3v) is 4.46. The van der Waals surface area contributed by atoms with Crippen LogP contribution in [0.25, 0.3) is 0 Å². The Labute approximate surface area is 178 Å². The number of phenolic OH excluding ortho intramolecular Hbond substituents is 1. The highest BCUT2D eigenvalue weighted by Gasteiger charge is 2.20. The molecular formula is C20H28IN5O. The van der Waals surface area contributed by atoms with Crippen molar-refractivity contribution >= 4 is 35.8 Å². The molecule has 1 aliphatic rings. The molecule has 1 aromatic carbocycles. The third-order valence-electron chi connectivity index (χ3n) is 4.46. The van der Waals surface area contributed by atoms with E-state index in [0.29, 0.717) is 12.3 Å². The van der Waals surface area contributed by atoms with Crippen LogP contribution in [0.15, 0.2) is 53.7 Å². The molecule has 7 heteroatoms. The zero-order valence-electron chi connectivity index (χ0n) is 15.7. The highest BCUT2D eigenvalue weighted by Crippen LogP contribution is 2.13. The quantitative estimate of drug-likeness (QED) is 0.391.